The van der Waals surface area contributed by atoms with Gasteiger partial charge in [0, 0.05) is 11.6 Å². The minimum absolute atomic E-state index is 0.0309. The number of halogens is 2. The number of ether oxygens (including phenoxy) is 1. The summed E-state index contributed by atoms with van der Waals surface area (Å²) in [5.74, 6) is -1.31. The van der Waals surface area contributed by atoms with E-state index in [1.165, 1.54) is 33.9 Å². The molecule has 0 aliphatic heterocycles. The van der Waals surface area contributed by atoms with E-state index in [0.717, 1.165) is 0 Å². The molecule has 0 unspecified atom stereocenters. The van der Waals surface area contributed by atoms with E-state index >= 15 is 0 Å². The molecule has 1 N–H and O–H groups in total. The Morgan fingerprint density at radius 1 is 1.50 bits per heavy atom. The molecule has 2 heterocycles. The summed E-state index contributed by atoms with van der Waals surface area (Å²) in [7, 11) is 0. The third-order valence-corrected chi connectivity index (χ3v) is 3.91. The number of fused-ring (bicyclic) bond motifs is 1. The molecule has 0 aliphatic carbocycles. The summed E-state index contributed by atoms with van der Waals surface area (Å²) in [6, 6.07) is 3.85. The monoisotopic (exact) mass is 356 g/mol. The van der Waals surface area contributed by atoms with Crippen molar-refractivity contribution in [1.29, 1.82) is 0 Å². The topological polar surface area (TPSA) is 63.8 Å². The summed E-state index contributed by atoms with van der Waals surface area (Å²) >= 11 is 4.45. The van der Waals surface area contributed by atoms with E-state index in [-0.39, 0.29) is 11.6 Å². The highest BCUT2D eigenvalue weighted by Crippen LogP contribution is 2.32. The summed E-state index contributed by atoms with van der Waals surface area (Å²) in [6.07, 6.45) is 1.60. The van der Waals surface area contributed by atoms with Gasteiger partial charge < -0.3 is 9.84 Å². The Labute approximate surface area is 124 Å². The van der Waals surface area contributed by atoms with Crippen LogP contribution in [0.25, 0.3) is 4.96 Å². The van der Waals surface area contributed by atoms with E-state index in [1.54, 1.807) is 11.6 Å². The van der Waals surface area contributed by atoms with Crippen LogP contribution in [0.5, 0.6) is 11.6 Å². The van der Waals surface area contributed by atoms with Crippen molar-refractivity contribution < 1.29 is 19.0 Å². The zero-order valence-corrected chi connectivity index (χ0v) is 12.1. The van der Waals surface area contributed by atoms with Gasteiger partial charge in [-0.25, -0.2) is 9.18 Å². The van der Waals surface area contributed by atoms with Gasteiger partial charge in [0.1, 0.15) is 11.6 Å². The number of carboxylic acids is 1. The van der Waals surface area contributed by atoms with Crippen LogP contribution in [0.1, 0.15) is 10.5 Å². The van der Waals surface area contributed by atoms with Crippen molar-refractivity contribution in [3.63, 3.8) is 0 Å². The van der Waals surface area contributed by atoms with Gasteiger partial charge in [-0.15, -0.1) is 11.3 Å². The molecule has 3 aromatic rings. The second kappa shape index (κ2) is 4.88. The number of hydrogen-bond acceptors (Lipinski definition) is 4. The van der Waals surface area contributed by atoms with Crippen molar-refractivity contribution in [1.82, 2.24) is 9.38 Å². The van der Waals surface area contributed by atoms with Gasteiger partial charge in [0.05, 0.1) is 4.47 Å². The van der Waals surface area contributed by atoms with Crippen LogP contribution < -0.4 is 4.74 Å². The van der Waals surface area contributed by atoms with E-state index in [0.29, 0.717) is 15.2 Å². The minimum Gasteiger partial charge on any atom is -0.476 e. The van der Waals surface area contributed by atoms with E-state index in [4.69, 9.17) is 4.74 Å². The van der Waals surface area contributed by atoms with Crippen molar-refractivity contribution in [3.05, 3.63) is 45.8 Å². The Hall–Kier alpha value is -1.93. The van der Waals surface area contributed by atoms with Gasteiger partial charge in [-0.2, -0.15) is 4.98 Å². The van der Waals surface area contributed by atoms with Crippen molar-refractivity contribution in [3.8, 4) is 11.6 Å². The number of rotatable bonds is 3. The number of thiazole rings is 1. The predicted octanol–water partition coefficient (Wildman–Crippen LogP) is 3.79. The molecule has 3 rings (SSSR count). The first-order chi connectivity index (χ1) is 9.56. The predicted molar refractivity (Wildman–Crippen MR) is 74.2 cm³/mol. The molecule has 102 valence electrons. The lowest BCUT2D eigenvalue weighted by Gasteiger charge is -2.05. The maximum absolute atomic E-state index is 13.0. The zero-order valence-electron chi connectivity index (χ0n) is 9.71. The standard InChI is InChI=1S/C12H6BrFN2O3S/c13-7-5-6(14)1-2-8(7)19-10-9(11(17)18)16-3-4-20-12(16)15-10/h1-5H,(H,17,18). The Morgan fingerprint density at radius 3 is 3.00 bits per heavy atom. The molecule has 0 saturated carbocycles. The van der Waals surface area contributed by atoms with Crippen molar-refractivity contribution in [2.24, 2.45) is 0 Å². The van der Waals surface area contributed by atoms with Crippen molar-refractivity contribution in [2.45, 2.75) is 0 Å². The Kier molecular flexibility index (Phi) is 3.19. The lowest BCUT2D eigenvalue weighted by Crippen LogP contribution is -2.02. The van der Waals surface area contributed by atoms with Gasteiger partial charge in [-0.05, 0) is 34.1 Å². The molecular weight excluding hydrogens is 351 g/mol. The highest BCUT2D eigenvalue weighted by atomic mass is 79.9. The van der Waals surface area contributed by atoms with Crippen LogP contribution in [0.15, 0.2) is 34.2 Å². The zero-order chi connectivity index (χ0) is 14.3. The largest absolute Gasteiger partial charge is 0.476 e. The molecule has 0 fully saturated rings. The highest BCUT2D eigenvalue weighted by molar-refractivity contribution is 9.10. The number of carboxylic acid groups (broad SMARTS) is 1. The molecule has 0 spiro atoms. The van der Waals surface area contributed by atoms with Crippen LogP contribution in [-0.4, -0.2) is 20.5 Å². The maximum Gasteiger partial charge on any atom is 0.358 e. The number of carbonyl (C=O) groups is 1. The first-order valence-corrected chi connectivity index (χ1v) is 7.05. The number of benzene rings is 1. The summed E-state index contributed by atoms with van der Waals surface area (Å²) in [6.45, 7) is 0. The van der Waals surface area contributed by atoms with E-state index in [2.05, 4.69) is 20.9 Å². The maximum atomic E-state index is 13.0. The molecule has 0 aliphatic rings. The number of aromatic nitrogens is 2. The Balaban J connectivity index is 2.08. The normalized spacial score (nSPS) is 10.9. The number of hydrogen-bond donors (Lipinski definition) is 1. The first-order valence-electron chi connectivity index (χ1n) is 5.38. The molecular formula is C12H6BrFN2O3S. The lowest BCUT2D eigenvalue weighted by atomic mass is 10.3. The van der Waals surface area contributed by atoms with E-state index in [9.17, 15) is 14.3 Å². The fourth-order valence-electron chi connectivity index (χ4n) is 1.69. The van der Waals surface area contributed by atoms with Gasteiger partial charge in [-0.1, -0.05) is 0 Å². The van der Waals surface area contributed by atoms with Gasteiger partial charge in [0.15, 0.2) is 10.7 Å². The van der Waals surface area contributed by atoms with Crippen LogP contribution in [0.2, 0.25) is 0 Å². The molecule has 0 saturated heterocycles. The van der Waals surface area contributed by atoms with Crippen LogP contribution in [0.3, 0.4) is 0 Å². The van der Waals surface area contributed by atoms with E-state index < -0.39 is 11.8 Å². The van der Waals surface area contributed by atoms with Crippen LogP contribution >= 0.6 is 27.3 Å². The molecule has 2 aromatic heterocycles. The molecule has 5 nitrogen and oxygen atoms in total. The summed E-state index contributed by atoms with van der Waals surface area (Å²) < 4.78 is 20.3. The van der Waals surface area contributed by atoms with Gasteiger partial charge in [0.2, 0.25) is 0 Å². The third-order valence-electron chi connectivity index (χ3n) is 2.53. The number of aromatic carboxylic acids is 1. The minimum atomic E-state index is -1.15. The Bertz CT molecular complexity index is 814. The molecule has 0 bridgehead atoms. The molecule has 20 heavy (non-hydrogen) atoms. The van der Waals surface area contributed by atoms with Gasteiger partial charge >= 0.3 is 5.97 Å². The molecule has 0 radical (unpaired) electrons. The number of imidazole rings is 1. The van der Waals surface area contributed by atoms with E-state index in [1.807, 2.05) is 0 Å². The molecule has 0 atom stereocenters. The molecule has 8 heteroatoms. The fourth-order valence-corrected chi connectivity index (χ4v) is 2.83. The van der Waals surface area contributed by atoms with Crippen LogP contribution in [-0.2, 0) is 0 Å². The second-order valence-corrected chi connectivity index (χ2v) is 5.53. The fraction of sp³-hybridized carbons (Fsp3) is 0. The summed E-state index contributed by atoms with van der Waals surface area (Å²) in [5, 5.41) is 11.0. The average molecular weight is 357 g/mol. The second-order valence-electron chi connectivity index (χ2n) is 3.80. The van der Waals surface area contributed by atoms with Gasteiger partial charge in [0.25, 0.3) is 5.88 Å². The Morgan fingerprint density at radius 2 is 2.30 bits per heavy atom. The summed E-state index contributed by atoms with van der Waals surface area (Å²) in [4.78, 5) is 15.9. The average Bonchev–Trinajstić information content (AvgIpc) is 2.91. The molecule has 1 aromatic carbocycles. The third kappa shape index (κ3) is 2.16. The van der Waals surface area contributed by atoms with Crippen LogP contribution in [0.4, 0.5) is 4.39 Å². The van der Waals surface area contributed by atoms with Crippen LogP contribution in [0, 0.1) is 5.82 Å². The quantitative estimate of drug-likeness (QED) is 0.775. The first kappa shape index (κ1) is 13.1. The summed E-state index contributed by atoms with van der Waals surface area (Å²) in [5.41, 5.74) is -0.0718. The van der Waals surface area contributed by atoms with Crippen molar-refractivity contribution >= 4 is 38.2 Å². The molecule has 0 amide bonds. The highest BCUT2D eigenvalue weighted by Gasteiger charge is 2.22. The number of nitrogens with zero attached hydrogens (tertiary/aromatic N) is 2. The SMILES string of the molecule is O=C(O)c1c(Oc2ccc(F)cc2Br)nc2sccn12. The smallest absolute Gasteiger partial charge is 0.358 e. The van der Waals surface area contributed by atoms with Gasteiger partial charge in [-0.3, -0.25) is 4.40 Å². The van der Waals surface area contributed by atoms with Crippen molar-refractivity contribution in [2.75, 3.05) is 0 Å². The lowest BCUT2D eigenvalue weighted by molar-refractivity contribution is 0.0686.